The molecule has 1 aromatic heterocycles. The summed E-state index contributed by atoms with van der Waals surface area (Å²) in [5.74, 6) is 0.945. The van der Waals surface area contributed by atoms with Crippen molar-refractivity contribution in [3.63, 3.8) is 0 Å². The van der Waals surface area contributed by atoms with Crippen molar-refractivity contribution in [2.45, 2.75) is 58.8 Å². The van der Waals surface area contributed by atoms with Gasteiger partial charge in [0.05, 0.1) is 6.61 Å². The van der Waals surface area contributed by atoms with Crippen LogP contribution in [0.25, 0.3) is 0 Å². The fraction of sp³-hybridized carbons (Fsp3) is 0.800. The minimum Gasteiger partial charge on any atom is -0.368 e. The molecule has 5 heteroatoms. The maximum atomic E-state index is 5.85. The van der Waals surface area contributed by atoms with Crippen molar-refractivity contribution >= 4 is 0 Å². The molecule has 0 aliphatic carbocycles. The Labute approximate surface area is 122 Å². The number of nitrogens with one attached hydrogen (secondary N) is 2. The number of rotatable bonds is 4. The third kappa shape index (κ3) is 4.30. The standard InChI is InChI=1S/C15H28N4O/c1-11(2)19-6-7-20-13(10-19)14-16-8-12(18-14)9-17-15(3,4)5/h8,11,13,17H,6-7,9-10H2,1-5H3,(H,16,18). The van der Waals surface area contributed by atoms with Crippen LogP contribution in [-0.4, -0.2) is 46.1 Å². The van der Waals surface area contributed by atoms with Crippen molar-refractivity contribution in [3.05, 3.63) is 17.7 Å². The second kappa shape index (κ2) is 6.24. The second-order valence-corrected chi connectivity index (χ2v) is 6.85. The normalized spacial score (nSPS) is 21.6. The molecule has 1 atom stereocenters. The quantitative estimate of drug-likeness (QED) is 0.886. The molecule has 20 heavy (non-hydrogen) atoms. The Morgan fingerprint density at radius 1 is 1.50 bits per heavy atom. The number of aromatic amines is 1. The zero-order chi connectivity index (χ0) is 14.8. The fourth-order valence-electron chi connectivity index (χ4n) is 2.29. The van der Waals surface area contributed by atoms with E-state index < -0.39 is 0 Å². The molecular formula is C15H28N4O. The van der Waals surface area contributed by atoms with Gasteiger partial charge in [0.15, 0.2) is 0 Å². The predicted molar refractivity (Wildman–Crippen MR) is 80.6 cm³/mol. The Balaban J connectivity index is 1.94. The van der Waals surface area contributed by atoms with Crippen LogP contribution in [0.5, 0.6) is 0 Å². The van der Waals surface area contributed by atoms with Crippen LogP contribution in [-0.2, 0) is 11.3 Å². The lowest BCUT2D eigenvalue weighted by molar-refractivity contribution is -0.0439. The Kier molecular flexibility index (Phi) is 4.83. The summed E-state index contributed by atoms with van der Waals surface area (Å²) in [4.78, 5) is 10.3. The van der Waals surface area contributed by atoms with Crippen molar-refractivity contribution < 1.29 is 4.74 Å². The first-order valence-corrected chi connectivity index (χ1v) is 7.49. The SMILES string of the molecule is CC(C)N1CCOC(c2ncc(CNC(C)(C)C)[nH]2)C1. The lowest BCUT2D eigenvalue weighted by Gasteiger charge is -2.34. The first kappa shape index (κ1) is 15.5. The monoisotopic (exact) mass is 280 g/mol. The highest BCUT2D eigenvalue weighted by atomic mass is 16.5. The van der Waals surface area contributed by atoms with Crippen LogP contribution in [0.3, 0.4) is 0 Å². The van der Waals surface area contributed by atoms with Crippen LogP contribution in [0, 0.1) is 0 Å². The molecule has 0 saturated carbocycles. The number of aromatic nitrogens is 2. The minimum absolute atomic E-state index is 0.0644. The summed E-state index contributed by atoms with van der Waals surface area (Å²) in [6.45, 7) is 14.4. The van der Waals surface area contributed by atoms with Gasteiger partial charge in [0, 0.05) is 43.1 Å². The summed E-state index contributed by atoms with van der Waals surface area (Å²) in [5.41, 5.74) is 1.22. The van der Waals surface area contributed by atoms with E-state index in [1.165, 1.54) is 0 Å². The molecule has 1 fully saturated rings. The Morgan fingerprint density at radius 2 is 2.25 bits per heavy atom. The Hall–Kier alpha value is -0.910. The first-order valence-electron chi connectivity index (χ1n) is 7.49. The Morgan fingerprint density at radius 3 is 2.90 bits per heavy atom. The molecule has 2 rings (SSSR count). The summed E-state index contributed by atoms with van der Waals surface area (Å²) in [7, 11) is 0. The van der Waals surface area contributed by atoms with Gasteiger partial charge in [0.25, 0.3) is 0 Å². The number of H-pyrrole nitrogens is 1. The fourth-order valence-corrected chi connectivity index (χ4v) is 2.29. The van der Waals surface area contributed by atoms with Crippen molar-refractivity contribution in [2.75, 3.05) is 19.7 Å². The zero-order valence-electron chi connectivity index (χ0n) is 13.4. The molecule has 114 valence electrons. The third-order valence-electron chi connectivity index (χ3n) is 3.59. The van der Waals surface area contributed by atoms with Crippen LogP contribution in [0.15, 0.2) is 6.20 Å². The van der Waals surface area contributed by atoms with Crippen LogP contribution in [0.4, 0.5) is 0 Å². The molecule has 2 heterocycles. The molecule has 1 aliphatic heterocycles. The molecule has 0 radical (unpaired) electrons. The molecule has 1 aliphatic rings. The average molecular weight is 280 g/mol. The number of nitrogens with zero attached hydrogens (tertiary/aromatic N) is 2. The predicted octanol–water partition coefficient (Wildman–Crippen LogP) is 2.08. The number of hydrogen-bond donors (Lipinski definition) is 2. The summed E-state index contributed by atoms with van der Waals surface area (Å²) in [6.07, 6.45) is 1.97. The van der Waals surface area contributed by atoms with Crippen LogP contribution in [0.2, 0.25) is 0 Å². The Bertz CT molecular complexity index is 422. The van der Waals surface area contributed by atoms with E-state index in [0.717, 1.165) is 37.8 Å². The summed E-state index contributed by atoms with van der Waals surface area (Å²) < 4.78 is 5.85. The molecule has 5 nitrogen and oxygen atoms in total. The third-order valence-corrected chi connectivity index (χ3v) is 3.59. The van der Waals surface area contributed by atoms with E-state index in [4.69, 9.17) is 4.74 Å². The van der Waals surface area contributed by atoms with Gasteiger partial charge in [-0.15, -0.1) is 0 Å². The van der Waals surface area contributed by atoms with E-state index in [1.54, 1.807) is 0 Å². The van der Waals surface area contributed by atoms with Gasteiger partial charge in [-0.25, -0.2) is 4.98 Å². The van der Waals surface area contributed by atoms with Crippen molar-refractivity contribution in [2.24, 2.45) is 0 Å². The van der Waals surface area contributed by atoms with Crippen LogP contribution >= 0.6 is 0 Å². The maximum Gasteiger partial charge on any atom is 0.136 e. The molecule has 1 saturated heterocycles. The van der Waals surface area contributed by atoms with E-state index in [-0.39, 0.29) is 11.6 Å². The number of morpholine rings is 1. The van der Waals surface area contributed by atoms with E-state index >= 15 is 0 Å². The molecule has 0 aromatic carbocycles. The topological polar surface area (TPSA) is 53.2 Å². The molecule has 0 spiro atoms. The smallest absolute Gasteiger partial charge is 0.136 e. The summed E-state index contributed by atoms with van der Waals surface area (Å²) in [6, 6.07) is 0.554. The van der Waals surface area contributed by atoms with E-state index in [1.807, 2.05) is 6.20 Å². The van der Waals surface area contributed by atoms with Gasteiger partial charge in [0.2, 0.25) is 0 Å². The van der Waals surface area contributed by atoms with Crippen molar-refractivity contribution in [1.29, 1.82) is 0 Å². The average Bonchev–Trinajstić information content (AvgIpc) is 2.84. The van der Waals surface area contributed by atoms with Gasteiger partial charge < -0.3 is 15.0 Å². The largest absolute Gasteiger partial charge is 0.368 e. The van der Waals surface area contributed by atoms with E-state index in [0.29, 0.717) is 6.04 Å². The van der Waals surface area contributed by atoms with Gasteiger partial charge in [-0.3, -0.25) is 4.90 Å². The van der Waals surface area contributed by atoms with Gasteiger partial charge >= 0.3 is 0 Å². The molecule has 2 N–H and O–H groups in total. The van der Waals surface area contributed by atoms with Gasteiger partial charge in [0.1, 0.15) is 11.9 Å². The lowest BCUT2D eigenvalue weighted by atomic mass is 10.1. The second-order valence-electron chi connectivity index (χ2n) is 6.85. The van der Waals surface area contributed by atoms with Crippen molar-refractivity contribution in [3.8, 4) is 0 Å². The summed E-state index contributed by atoms with van der Waals surface area (Å²) in [5, 5.41) is 3.46. The van der Waals surface area contributed by atoms with Gasteiger partial charge in [-0.2, -0.15) is 0 Å². The maximum absolute atomic E-state index is 5.85. The molecule has 1 unspecified atom stereocenters. The first-order chi connectivity index (χ1) is 9.35. The van der Waals surface area contributed by atoms with Gasteiger partial charge in [-0.1, -0.05) is 0 Å². The molecule has 0 bridgehead atoms. The van der Waals surface area contributed by atoms with Crippen molar-refractivity contribution in [1.82, 2.24) is 20.2 Å². The van der Waals surface area contributed by atoms with Crippen LogP contribution in [0.1, 0.15) is 52.2 Å². The van der Waals surface area contributed by atoms with E-state index in [9.17, 15) is 0 Å². The molecule has 0 amide bonds. The number of imidazole rings is 1. The number of ether oxygens (including phenoxy) is 1. The highest BCUT2D eigenvalue weighted by molar-refractivity contribution is 5.05. The van der Waals surface area contributed by atoms with E-state index in [2.05, 4.69) is 54.8 Å². The van der Waals surface area contributed by atoms with Gasteiger partial charge in [-0.05, 0) is 34.6 Å². The zero-order valence-corrected chi connectivity index (χ0v) is 13.4. The highest BCUT2D eigenvalue weighted by Crippen LogP contribution is 2.21. The van der Waals surface area contributed by atoms with Crippen LogP contribution < -0.4 is 5.32 Å². The summed E-state index contributed by atoms with van der Waals surface area (Å²) >= 11 is 0. The molecule has 1 aromatic rings. The molecular weight excluding hydrogens is 252 g/mol. The minimum atomic E-state index is 0.0644. The highest BCUT2D eigenvalue weighted by Gasteiger charge is 2.25. The number of hydrogen-bond acceptors (Lipinski definition) is 4. The lowest BCUT2D eigenvalue weighted by Crippen LogP contribution is -2.42.